The van der Waals surface area contributed by atoms with Crippen LogP contribution in [0.15, 0.2) is 60.9 Å². The van der Waals surface area contributed by atoms with Crippen molar-refractivity contribution in [2.75, 3.05) is 6.61 Å². The molecule has 0 amide bonds. The first-order chi connectivity index (χ1) is 15.3. The summed E-state index contributed by atoms with van der Waals surface area (Å²) in [5.41, 5.74) is 9.08. The van der Waals surface area contributed by atoms with Crippen LogP contribution in [0.5, 0.6) is 5.75 Å². The zero-order valence-corrected chi connectivity index (χ0v) is 18.1. The second kappa shape index (κ2) is 7.56. The standard InChI is InChI=1S/C28H28N2O/c1-19-12-13-23-25(17-19)30-15-16-31-28-22(21-9-6-14-29-18-21)10-5-11-24(28)27(30)26(23)20-7-3-2-4-8-20/h5-6,9-14,17-18,20H,2-4,7-8,15-16H2,1H3. The molecule has 3 nitrogen and oxygen atoms in total. The van der Waals surface area contributed by atoms with Gasteiger partial charge in [-0.15, -0.1) is 0 Å². The summed E-state index contributed by atoms with van der Waals surface area (Å²) in [5.74, 6) is 1.63. The maximum Gasteiger partial charge on any atom is 0.136 e. The minimum absolute atomic E-state index is 0.628. The first-order valence-corrected chi connectivity index (χ1v) is 11.6. The van der Waals surface area contributed by atoms with Gasteiger partial charge in [0, 0.05) is 40.0 Å². The van der Waals surface area contributed by atoms with Crippen LogP contribution < -0.4 is 4.74 Å². The zero-order valence-electron chi connectivity index (χ0n) is 18.1. The molecule has 2 aromatic heterocycles. The van der Waals surface area contributed by atoms with Crippen molar-refractivity contribution in [3.05, 3.63) is 72.1 Å². The largest absolute Gasteiger partial charge is 0.490 e. The van der Waals surface area contributed by atoms with Gasteiger partial charge in [-0.3, -0.25) is 4.98 Å². The molecule has 31 heavy (non-hydrogen) atoms. The van der Waals surface area contributed by atoms with Gasteiger partial charge in [-0.1, -0.05) is 49.6 Å². The lowest BCUT2D eigenvalue weighted by Gasteiger charge is -2.24. The lowest BCUT2D eigenvalue weighted by atomic mass is 9.81. The summed E-state index contributed by atoms with van der Waals surface area (Å²) in [7, 11) is 0. The van der Waals surface area contributed by atoms with E-state index in [1.807, 2.05) is 18.5 Å². The van der Waals surface area contributed by atoms with Crippen LogP contribution in [0, 0.1) is 6.92 Å². The van der Waals surface area contributed by atoms with E-state index in [0.717, 1.165) is 23.4 Å². The molecular formula is C28H28N2O. The van der Waals surface area contributed by atoms with Gasteiger partial charge in [0.05, 0.1) is 12.2 Å². The Morgan fingerprint density at radius 1 is 0.968 bits per heavy atom. The van der Waals surface area contributed by atoms with Crippen molar-refractivity contribution < 1.29 is 4.74 Å². The van der Waals surface area contributed by atoms with Gasteiger partial charge in [0.1, 0.15) is 12.4 Å². The molecule has 1 fully saturated rings. The topological polar surface area (TPSA) is 27.1 Å². The Balaban J connectivity index is 1.66. The molecule has 1 aliphatic carbocycles. The maximum atomic E-state index is 6.45. The summed E-state index contributed by atoms with van der Waals surface area (Å²) in [6.07, 6.45) is 10.4. The number of rotatable bonds is 2. The SMILES string of the molecule is Cc1ccc2c(C3CCCCC3)c3n(c2c1)CCOc1c(-c2cccnc2)cccc1-3. The van der Waals surface area contributed by atoms with E-state index in [9.17, 15) is 0 Å². The van der Waals surface area contributed by atoms with Gasteiger partial charge in [0.25, 0.3) is 0 Å². The number of nitrogens with zero attached hydrogens (tertiary/aromatic N) is 2. The van der Waals surface area contributed by atoms with Crippen molar-refractivity contribution in [3.63, 3.8) is 0 Å². The van der Waals surface area contributed by atoms with Gasteiger partial charge in [-0.25, -0.2) is 0 Å². The molecule has 4 aromatic rings. The van der Waals surface area contributed by atoms with Gasteiger partial charge in [0.15, 0.2) is 0 Å². The highest BCUT2D eigenvalue weighted by Gasteiger charge is 2.30. The summed E-state index contributed by atoms with van der Waals surface area (Å²) in [6.45, 7) is 3.75. The van der Waals surface area contributed by atoms with E-state index in [4.69, 9.17) is 4.74 Å². The zero-order chi connectivity index (χ0) is 20.8. The number of pyridine rings is 1. The Morgan fingerprint density at radius 2 is 1.84 bits per heavy atom. The summed E-state index contributed by atoms with van der Waals surface area (Å²) in [4.78, 5) is 4.35. The van der Waals surface area contributed by atoms with Gasteiger partial charge < -0.3 is 9.30 Å². The summed E-state index contributed by atoms with van der Waals surface area (Å²) in [5, 5.41) is 1.44. The highest BCUT2D eigenvalue weighted by molar-refractivity contribution is 5.95. The molecule has 3 heteroatoms. The van der Waals surface area contributed by atoms with E-state index in [1.54, 1.807) is 5.56 Å². The van der Waals surface area contributed by atoms with Crippen molar-refractivity contribution in [1.29, 1.82) is 0 Å². The highest BCUT2D eigenvalue weighted by atomic mass is 16.5. The molecule has 1 aliphatic heterocycles. The Hall–Kier alpha value is -3.07. The minimum Gasteiger partial charge on any atom is -0.490 e. The monoisotopic (exact) mass is 408 g/mol. The number of hydrogen-bond donors (Lipinski definition) is 0. The number of fused-ring (bicyclic) bond motifs is 5. The molecular weight excluding hydrogens is 380 g/mol. The molecule has 3 heterocycles. The van der Waals surface area contributed by atoms with Crippen LogP contribution in [0.1, 0.15) is 49.1 Å². The average molecular weight is 409 g/mol. The first-order valence-electron chi connectivity index (χ1n) is 11.6. The van der Waals surface area contributed by atoms with Gasteiger partial charge >= 0.3 is 0 Å². The van der Waals surface area contributed by atoms with E-state index >= 15 is 0 Å². The van der Waals surface area contributed by atoms with Gasteiger partial charge in [0.2, 0.25) is 0 Å². The Labute approximate surface area is 183 Å². The van der Waals surface area contributed by atoms with Crippen LogP contribution in [0.25, 0.3) is 33.3 Å². The second-order valence-corrected chi connectivity index (χ2v) is 9.04. The number of aryl methyl sites for hydroxylation is 1. The normalized spacial score (nSPS) is 16.4. The third-order valence-electron chi connectivity index (χ3n) is 7.08. The van der Waals surface area contributed by atoms with Crippen molar-refractivity contribution >= 4 is 10.9 Å². The van der Waals surface area contributed by atoms with Crippen molar-refractivity contribution in [2.45, 2.75) is 51.5 Å². The fraction of sp³-hybridized carbons (Fsp3) is 0.321. The smallest absolute Gasteiger partial charge is 0.136 e. The molecule has 156 valence electrons. The quantitative estimate of drug-likeness (QED) is 0.353. The molecule has 6 rings (SSSR count). The van der Waals surface area contributed by atoms with Crippen molar-refractivity contribution in [3.8, 4) is 28.1 Å². The molecule has 2 aromatic carbocycles. The highest BCUT2D eigenvalue weighted by Crippen LogP contribution is 2.49. The number of benzene rings is 2. The third-order valence-corrected chi connectivity index (χ3v) is 7.08. The van der Waals surface area contributed by atoms with Crippen LogP contribution in [0.4, 0.5) is 0 Å². The average Bonchev–Trinajstić information content (AvgIpc) is 3.00. The van der Waals surface area contributed by atoms with E-state index in [2.05, 4.69) is 58.9 Å². The number of ether oxygens (including phenoxy) is 1. The van der Waals surface area contributed by atoms with Crippen LogP contribution in [-0.2, 0) is 6.54 Å². The molecule has 1 saturated carbocycles. The van der Waals surface area contributed by atoms with Gasteiger partial charge in [-0.2, -0.15) is 0 Å². The van der Waals surface area contributed by atoms with E-state index in [0.29, 0.717) is 12.5 Å². The van der Waals surface area contributed by atoms with E-state index in [1.165, 1.54) is 59.8 Å². The Morgan fingerprint density at radius 3 is 2.68 bits per heavy atom. The maximum absolute atomic E-state index is 6.45. The summed E-state index contributed by atoms with van der Waals surface area (Å²) < 4.78 is 8.98. The molecule has 0 atom stereocenters. The second-order valence-electron chi connectivity index (χ2n) is 9.04. The van der Waals surface area contributed by atoms with Crippen LogP contribution in [0.3, 0.4) is 0 Å². The first kappa shape index (κ1) is 18.7. The van der Waals surface area contributed by atoms with E-state index < -0.39 is 0 Å². The molecule has 0 unspecified atom stereocenters. The summed E-state index contributed by atoms with van der Waals surface area (Å²) >= 11 is 0. The van der Waals surface area contributed by atoms with Crippen molar-refractivity contribution in [2.24, 2.45) is 0 Å². The molecule has 2 aliphatic rings. The van der Waals surface area contributed by atoms with Crippen LogP contribution >= 0.6 is 0 Å². The van der Waals surface area contributed by atoms with Crippen LogP contribution in [-0.4, -0.2) is 16.2 Å². The fourth-order valence-electron chi connectivity index (χ4n) is 5.68. The third kappa shape index (κ3) is 3.06. The Kier molecular flexibility index (Phi) is 4.56. The van der Waals surface area contributed by atoms with E-state index in [-0.39, 0.29) is 0 Å². The summed E-state index contributed by atoms with van der Waals surface area (Å²) in [6, 6.07) is 17.7. The molecule has 0 radical (unpaired) electrons. The lowest BCUT2D eigenvalue weighted by Crippen LogP contribution is -2.07. The minimum atomic E-state index is 0.628. The fourth-order valence-corrected chi connectivity index (χ4v) is 5.68. The van der Waals surface area contributed by atoms with Crippen LogP contribution in [0.2, 0.25) is 0 Å². The lowest BCUT2D eigenvalue weighted by molar-refractivity contribution is 0.309. The Bertz CT molecular complexity index is 1250. The molecule has 0 spiro atoms. The number of para-hydroxylation sites is 1. The predicted molar refractivity (Wildman–Crippen MR) is 127 cm³/mol. The predicted octanol–water partition coefficient (Wildman–Crippen LogP) is 7.12. The van der Waals surface area contributed by atoms with Crippen molar-refractivity contribution in [1.82, 2.24) is 9.55 Å². The molecule has 0 N–H and O–H groups in total. The number of aromatic nitrogens is 2. The molecule has 0 bridgehead atoms. The number of hydrogen-bond acceptors (Lipinski definition) is 2. The molecule has 0 saturated heterocycles. The van der Waals surface area contributed by atoms with Gasteiger partial charge in [-0.05, 0) is 55.0 Å².